The predicted octanol–water partition coefficient (Wildman–Crippen LogP) is 3.58. The molecule has 1 saturated heterocycles. The smallest absolute Gasteiger partial charge is 0.193 e. The standard InChI is InChI=1S/C18H32N4S/c1-5-16-12-21-17(23-16)7-9-20-18(19-6-2)22-10-8-15(13-22)11-14(3)4/h12,14-15H,5-11,13H2,1-4H3,(H,19,20). The van der Waals surface area contributed by atoms with Gasteiger partial charge >= 0.3 is 0 Å². The molecule has 23 heavy (non-hydrogen) atoms. The Morgan fingerprint density at radius 3 is 2.96 bits per heavy atom. The molecule has 130 valence electrons. The second-order valence-electron chi connectivity index (χ2n) is 6.79. The van der Waals surface area contributed by atoms with Gasteiger partial charge in [-0.25, -0.2) is 4.98 Å². The van der Waals surface area contributed by atoms with E-state index in [0.29, 0.717) is 0 Å². The molecule has 4 nitrogen and oxygen atoms in total. The van der Waals surface area contributed by atoms with Gasteiger partial charge in [0.15, 0.2) is 5.96 Å². The molecule has 0 bridgehead atoms. The maximum Gasteiger partial charge on any atom is 0.193 e. The molecule has 2 rings (SSSR count). The van der Waals surface area contributed by atoms with Crippen LogP contribution in [0.25, 0.3) is 0 Å². The minimum atomic E-state index is 0.789. The number of thiazole rings is 1. The number of aliphatic imine (C=N–C) groups is 1. The van der Waals surface area contributed by atoms with Crippen molar-refractivity contribution in [3.8, 4) is 0 Å². The molecule has 5 heteroatoms. The van der Waals surface area contributed by atoms with Crippen molar-refractivity contribution in [2.75, 3.05) is 26.2 Å². The largest absolute Gasteiger partial charge is 0.357 e. The third-order valence-corrected chi connectivity index (χ3v) is 5.46. The molecule has 1 aromatic rings. The molecule has 0 spiro atoms. The van der Waals surface area contributed by atoms with Gasteiger partial charge in [0.25, 0.3) is 0 Å². The van der Waals surface area contributed by atoms with Crippen LogP contribution in [0.2, 0.25) is 0 Å². The van der Waals surface area contributed by atoms with Crippen LogP contribution < -0.4 is 5.32 Å². The Morgan fingerprint density at radius 2 is 2.30 bits per heavy atom. The summed E-state index contributed by atoms with van der Waals surface area (Å²) in [5.41, 5.74) is 0. The van der Waals surface area contributed by atoms with Gasteiger partial charge < -0.3 is 10.2 Å². The van der Waals surface area contributed by atoms with Gasteiger partial charge in [-0.05, 0) is 38.0 Å². The lowest BCUT2D eigenvalue weighted by Crippen LogP contribution is -2.40. The van der Waals surface area contributed by atoms with Gasteiger partial charge in [-0.15, -0.1) is 11.3 Å². The first-order valence-electron chi connectivity index (χ1n) is 9.09. The molecule has 0 aromatic carbocycles. The number of hydrogen-bond acceptors (Lipinski definition) is 3. The van der Waals surface area contributed by atoms with Gasteiger partial charge in [-0.1, -0.05) is 20.8 Å². The highest BCUT2D eigenvalue weighted by molar-refractivity contribution is 7.11. The zero-order valence-electron chi connectivity index (χ0n) is 15.1. The van der Waals surface area contributed by atoms with E-state index in [1.807, 2.05) is 17.5 Å². The van der Waals surface area contributed by atoms with E-state index in [9.17, 15) is 0 Å². The number of guanidine groups is 1. The minimum absolute atomic E-state index is 0.789. The molecule has 1 N–H and O–H groups in total. The first-order chi connectivity index (χ1) is 11.1. The van der Waals surface area contributed by atoms with E-state index in [1.54, 1.807) is 0 Å². The Balaban J connectivity index is 1.87. The van der Waals surface area contributed by atoms with Gasteiger partial charge in [-0.2, -0.15) is 0 Å². The highest BCUT2D eigenvalue weighted by atomic mass is 32.1. The second-order valence-corrected chi connectivity index (χ2v) is 7.99. The third kappa shape index (κ3) is 5.79. The average Bonchev–Trinajstić information content (AvgIpc) is 3.15. The maximum absolute atomic E-state index is 4.84. The number of nitrogens with zero attached hydrogens (tertiary/aromatic N) is 3. The summed E-state index contributed by atoms with van der Waals surface area (Å²) in [6.45, 7) is 13.0. The number of aromatic nitrogens is 1. The van der Waals surface area contributed by atoms with Gasteiger partial charge in [0.05, 0.1) is 5.01 Å². The number of likely N-dealkylation sites (tertiary alicyclic amines) is 1. The maximum atomic E-state index is 4.84. The summed E-state index contributed by atoms with van der Waals surface area (Å²) < 4.78 is 0. The number of aryl methyl sites for hydroxylation is 1. The fourth-order valence-corrected chi connectivity index (χ4v) is 4.05. The fourth-order valence-electron chi connectivity index (χ4n) is 3.19. The van der Waals surface area contributed by atoms with E-state index in [1.165, 1.54) is 22.7 Å². The van der Waals surface area contributed by atoms with E-state index in [4.69, 9.17) is 4.99 Å². The van der Waals surface area contributed by atoms with Crippen LogP contribution >= 0.6 is 11.3 Å². The molecule has 1 atom stereocenters. The van der Waals surface area contributed by atoms with E-state index in [2.05, 4.69) is 42.9 Å². The normalized spacial score (nSPS) is 18.9. The summed E-state index contributed by atoms with van der Waals surface area (Å²) >= 11 is 1.82. The Bertz CT molecular complexity index is 495. The van der Waals surface area contributed by atoms with E-state index in [-0.39, 0.29) is 0 Å². The summed E-state index contributed by atoms with van der Waals surface area (Å²) in [6, 6.07) is 0. The Morgan fingerprint density at radius 1 is 1.48 bits per heavy atom. The highest BCUT2D eigenvalue weighted by Crippen LogP contribution is 2.23. The third-order valence-electron chi connectivity index (χ3n) is 4.26. The zero-order chi connectivity index (χ0) is 16.7. The first kappa shape index (κ1) is 18.2. The number of hydrogen-bond donors (Lipinski definition) is 1. The summed E-state index contributed by atoms with van der Waals surface area (Å²) in [5, 5.41) is 4.67. The molecule has 0 saturated carbocycles. The lowest BCUT2D eigenvalue weighted by atomic mass is 9.97. The van der Waals surface area contributed by atoms with Crippen LogP contribution in [-0.4, -0.2) is 42.0 Å². The predicted molar refractivity (Wildman–Crippen MR) is 100 cm³/mol. The van der Waals surface area contributed by atoms with E-state index < -0.39 is 0 Å². The number of nitrogens with one attached hydrogen (secondary N) is 1. The summed E-state index contributed by atoms with van der Waals surface area (Å²) in [4.78, 5) is 13.1. The molecular weight excluding hydrogens is 304 g/mol. The molecule has 1 aliphatic heterocycles. The van der Waals surface area contributed by atoms with Crippen LogP contribution in [0.1, 0.15) is 50.4 Å². The summed E-state index contributed by atoms with van der Waals surface area (Å²) in [5.74, 6) is 2.70. The quantitative estimate of drug-likeness (QED) is 0.611. The zero-order valence-corrected chi connectivity index (χ0v) is 16.0. The molecule has 0 aliphatic carbocycles. The van der Waals surface area contributed by atoms with E-state index >= 15 is 0 Å². The molecule has 0 radical (unpaired) electrons. The SMILES string of the molecule is CCNC(=NCCc1ncc(CC)s1)N1CCC(CC(C)C)C1. The second kappa shape index (κ2) is 9.26. The van der Waals surface area contributed by atoms with Crippen LogP contribution in [0.15, 0.2) is 11.2 Å². The molecule has 0 amide bonds. The Hall–Kier alpha value is -1.10. The van der Waals surface area contributed by atoms with Gasteiger partial charge in [-0.3, -0.25) is 4.99 Å². The van der Waals surface area contributed by atoms with Crippen molar-refractivity contribution in [1.82, 2.24) is 15.2 Å². The van der Waals surface area contributed by atoms with Crippen molar-refractivity contribution in [1.29, 1.82) is 0 Å². The molecule has 2 heterocycles. The molecular formula is C18H32N4S. The molecule has 1 aliphatic rings. The highest BCUT2D eigenvalue weighted by Gasteiger charge is 2.25. The van der Waals surface area contributed by atoms with Crippen molar-refractivity contribution in [2.24, 2.45) is 16.8 Å². The van der Waals surface area contributed by atoms with Gasteiger partial charge in [0.1, 0.15) is 0 Å². The van der Waals surface area contributed by atoms with Crippen LogP contribution in [0, 0.1) is 11.8 Å². The van der Waals surface area contributed by atoms with Gasteiger partial charge in [0, 0.05) is 43.7 Å². The van der Waals surface area contributed by atoms with Crippen LogP contribution in [0.4, 0.5) is 0 Å². The molecule has 1 fully saturated rings. The van der Waals surface area contributed by atoms with Crippen LogP contribution in [0.5, 0.6) is 0 Å². The van der Waals surface area contributed by atoms with Crippen molar-refractivity contribution in [2.45, 2.75) is 53.4 Å². The first-order valence-corrected chi connectivity index (χ1v) is 9.90. The van der Waals surface area contributed by atoms with Crippen LogP contribution in [-0.2, 0) is 12.8 Å². The van der Waals surface area contributed by atoms with E-state index in [0.717, 1.165) is 56.8 Å². The van der Waals surface area contributed by atoms with Crippen molar-refractivity contribution >= 4 is 17.3 Å². The fraction of sp³-hybridized carbons (Fsp3) is 0.778. The minimum Gasteiger partial charge on any atom is -0.357 e. The van der Waals surface area contributed by atoms with Crippen LogP contribution in [0.3, 0.4) is 0 Å². The van der Waals surface area contributed by atoms with Gasteiger partial charge in [0.2, 0.25) is 0 Å². The summed E-state index contributed by atoms with van der Waals surface area (Å²) in [6.07, 6.45) is 6.66. The topological polar surface area (TPSA) is 40.5 Å². The lowest BCUT2D eigenvalue weighted by molar-refractivity contribution is 0.403. The van der Waals surface area contributed by atoms with Crippen molar-refractivity contribution in [3.05, 3.63) is 16.1 Å². The Kier molecular flexibility index (Phi) is 7.34. The average molecular weight is 337 g/mol. The lowest BCUT2D eigenvalue weighted by Gasteiger charge is -2.22. The van der Waals surface area contributed by atoms with Crippen molar-refractivity contribution in [3.63, 3.8) is 0 Å². The molecule has 1 unspecified atom stereocenters. The van der Waals surface area contributed by atoms with Crippen molar-refractivity contribution < 1.29 is 0 Å². The molecule has 1 aromatic heterocycles. The monoisotopic (exact) mass is 336 g/mol. The Labute approximate surface area is 145 Å². The summed E-state index contributed by atoms with van der Waals surface area (Å²) in [7, 11) is 0. The number of rotatable bonds is 7.